The van der Waals surface area contributed by atoms with E-state index in [0.717, 1.165) is 49.8 Å². The second kappa shape index (κ2) is 12.2. The molecule has 2 heterocycles. The number of nitrogens with zero attached hydrogens (tertiary/aromatic N) is 2. The lowest BCUT2D eigenvalue weighted by atomic mass is 9.98. The monoisotopic (exact) mass is 502 g/mol. The SMILES string of the molecule is COc1cc(CC(=O)CCCN2CCC(N3CCCCC3)CC2)ccc1-c1ccc(C(F)(F)F)cc1. The molecule has 2 aliphatic heterocycles. The van der Waals surface area contributed by atoms with Gasteiger partial charge in [0, 0.05) is 24.4 Å². The lowest BCUT2D eigenvalue weighted by Crippen LogP contribution is -2.46. The molecule has 2 saturated heterocycles. The molecule has 0 spiro atoms. The van der Waals surface area contributed by atoms with Crippen LogP contribution in [0, 0.1) is 0 Å². The number of likely N-dealkylation sites (tertiary alicyclic amines) is 2. The van der Waals surface area contributed by atoms with Gasteiger partial charge in [0.2, 0.25) is 0 Å². The summed E-state index contributed by atoms with van der Waals surface area (Å²) in [6.45, 7) is 5.73. The Kier molecular flexibility index (Phi) is 9.07. The first-order chi connectivity index (χ1) is 17.3. The molecule has 0 N–H and O–H groups in total. The van der Waals surface area contributed by atoms with E-state index in [0.29, 0.717) is 29.7 Å². The number of alkyl halides is 3. The van der Waals surface area contributed by atoms with Gasteiger partial charge in [-0.05, 0) is 94.2 Å². The maximum absolute atomic E-state index is 12.9. The molecule has 0 bridgehead atoms. The maximum Gasteiger partial charge on any atom is 0.416 e. The van der Waals surface area contributed by atoms with Crippen molar-refractivity contribution in [3.05, 3.63) is 53.6 Å². The van der Waals surface area contributed by atoms with Crippen LogP contribution in [0.1, 0.15) is 56.1 Å². The highest BCUT2D eigenvalue weighted by molar-refractivity contribution is 5.81. The molecule has 2 aromatic carbocycles. The molecule has 4 nitrogen and oxygen atoms in total. The summed E-state index contributed by atoms with van der Waals surface area (Å²) >= 11 is 0. The lowest BCUT2D eigenvalue weighted by Gasteiger charge is -2.40. The zero-order chi connectivity index (χ0) is 25.5. The largest absolute Gasteiger partial charge is 0.496 e. The molecule has 0 aromatic heterocycles. The molecule has 7 heteroatoms. The molecule has 0 amide bonds. The number of hydrogen-bond donors (Lipinski definition) is 0. The van der Waals surface area contributed by atoms with Crippen LogP contribution < -0.4 is 4.74 Å². The average molecular weight is 503 g/mol. The van der Waals surface area contributed by atoms with Crippen LogP contribution in [-0.2, 0) is 17.4 Å². The average Bonchev–Trinajstić information content (AvgIpc) is 2.89. The summed E-state index contributed by atoms with van der Waals surface area (Å²) in [5.41, 5.74) is 1.52. The molecule has 2 fully saturated rings. The zero-order valence-corrected chi connectivity index (χ0v) is 21.2. The Morgan fingerprint density at radius 2 is 1.67 bits per heavy atom. The van der Waals surface area contributed by atoms with Crippen molar-refractivity contribution < 1.29 is 22.7 Å². The molecule has 2 aliphatic rings. The van der Waals surface area contributed by atoms with Gasteiger partial charge in [0.25, 0.3) is 0 Å². The Morgan fingerprint density at radius 3 is 2.31 bits per heavy atom. The number of ketones is 1. The Bertz CT molecular complexity index is 993. The second-order valence-corrected chi connectivity index (χ2v) is 10.1. The zero-order valence-electron chi connectivity index (χ0n) is 21.2. The van der Waals surface area contributed by atoms with Crippen LogP contribution >= 0.6 is 0 Å². The highest BCUT2D eigenvalue weighted by atomic mass is 19.4. The molecule has 2 aromatic rings. The number of methoxy groups -OCH3 is 1. The summed E-state index contributed by atoms with van der Waals surface area (Å²) in [4.78, 5) is 17.8. The van der Waals surface area contributed by atoms with Crippen LogP contribution in [0.2, 0.25) is 0 Å². The third-order valence-electron chi connectivity index (χ3n) is 7.58. The number of rotatable bonds is 9. The van der Waals surface area contributed by atoms with Gasteiger partial charge >= 0.3 is 6.18 Å². The van der Waals surface area contributed by atoms with E-state index >= 15 is 0 Å². The van der Waals surface area contributed by atoms with Crippen LogP contribution in [0.5, 0.6) is 5.75 Å². The van der Waals surface area contributed by atoms with E-state index in [1.54, 1.807) is 0 Å². The number of ether oxygens (including phenoxy) is 1. The van der Waals surface area contributed by atoms with Crippen molar-refractivity contribution in [2.45, 2.75) is 63.6 Å². The van der Waals surface area contributed by atoms with Gasteiger partial charge < -0.3 is 14.5 Å². The van der Waals surface area contributed by atoms with Gasteiger partial charge in [0.05, 0.1) is 12.7 Å². The predicted molar refractivity (Wildman–Crippen MR) is 136 cm³/mol. The first-order valence-electron chi connectivity index (χ1n) is 13.2. The second-order valence-electron chi connectivity index (χ2n) is 10.1. The summed E-state index contributed by atoms with van der Waals surface area (Å²) < 4.78 is 44.1. The van der Waals surface area contributed by atoms with Crippen molar-refractivity contribution >= 4 is 5.78 Å². The molecular weight excluding hydrogens is 465 g/mol. The fraction of sp³-hybridized carbons (Fsp3) is 0.552. The van der Waals surface area contributed by atoms with Gasteiger partial charge in [0.1, 0.15) is 11.5 Å². The number of halogens is 3. The Morgan fingerprint density at radius 1 is 0.972 bits per heavy atom. The van der Waals surface area contributed by atoms with Crippen LogP contribution in [0.15, 0.2) is 42.5 Å². The van der Waals surface area contributed by atoms with Gasteiger partial charge in [-0.25, -0.2) is 0 Å². The summed E-state index contributed by atoms with van der Waals surface area (Å²) in [6.07, 6.45) is 3.91. The third kappa shape index (κ3) is 7.10. The van der Waals surface area contributed by atoms with E-state index < -0.39 is 11.7 Å². The van der Waals surface area contributed by atoms with Crippen molar-refractivity contribution in [3.63, 3.8) is 0 Å². The summed E-state index contributed by atoms with van der Waals surface area (Å²) in [5, 5.41) is 0. The van der Waals surface area contributed by atoms with Gasteiger partial charge in [-0.15, -0.1) is 0 Å². The van der Waals surface area contributed by atoms with E-state index in [-0.39, 0.29) is 5.78 Å². The van der Waals surface area contributed by atoms with Crippen molar-refractivity contribution in [2.24, 2.45) is 0 Å². The number of piperidine rings is 2. The van der Waals surface area contributed by atoms with Gasteiger partial charge in [-0.1, -0.05) is 30.7 Å². The van der Waals surface area contributed by atoms with Crippen LogP contribution in [-0.4, -0.2) is 61.5 Å². The molecule has 0 unspecified atom stereocenters. The molecule has 0 saturated carbocycles. The highest BCUT2D eigenvalue weighted by Crippen LogP contribution is 2.34. The third-order valence-corrected chi connectivity index (χ3v) is 7.58. The molecule has 36 heavy (non-hydrogen) atoms. The first-order valence-corrected chi connectivity index (χ1v) is 13.2. The fourth-order valence-corrected chi connectivity index (χ4v) is 5.53. The van der Waals surface area contributed by atoms with Crippen molar-refractivity contribution in [1.29, 1.82) is 0 Å². The normalized spacial score (nSPS) is 18.3. The molecule has 196 valence electrons. The number of carbonyl (C=O) groups is 1. The van der Waals surface area contributed by atoms with Gasteiger partial charge in [0.15, 0.2) is 0 Å². The number of Topliss-reactive ketones (excluding diaryl/α,β-unsaturated/α-hetero) is 1. The number of hydrogen-bond acceptors (Lipinski definition) is 4. The quantitative estimate of drug-likeness (QED) is 0.407. The van der Waals surface area contributed by atoms with E-state index in [1.165, 1.54) is 64.4 Å². The highest BCUT2D eigenvalue weighted by Gasteiger charge is 2.30. The van der Waals surface area contributed by atoms with E-state index in [4.69, 9.17) is 4.74 Å². The van der Waals surface area contributed by atoms with E-state index in [2.05, 4.69) is 9.80 Å². The maximum atomic E-state index is 12.9. The molecule has 0 aliphatic carbocycles. The predicted octanol–water partition coefficient (Wildman–Crippen LogP) is 6.22. The smallest absolute Gasteiger partial charge is 0.416 e. The van der Waals surface area contributed by atoms with Gasteiger partial charge in [-0.2, -0.15) is 13.2 Å². The Balaban J connectivity index is 1.23. The van der Waals surface area contributed by atoms with E-state index in [9.17, 15) is 18.0 Å². The summed E-state index contributed by atoms with van der Waals surface area (Å²) in [5.74, 6) is 0.749. The standard InChI is InChI=1S/C29H37F3N2O2/c1-36-28-21-22(7-12-27(28)23-8-10-24(11-9-23)29(30,31)32)20-26(35)6-5-15-33-18-13-25(14-19-33)34-16-3-2-4-17-34/h7-12,21,25H,2-6,13-20H2,1H3. The minimum atomic E-state index is -4.36. The molecule has 4 rings (SSSR count). The fourth-order valence-electron chi connectivity index (χ4n) is 5.53. The van der Waals surface area contributed by atoms with Crippen LogP contribution in [0.4, 0.5) is 13.2 Å². The molecule has 0 radical (unpaired) electrons. The lowest BCUT2D eigenvalue weighted by molar-refractivity contribution is -0.137. The molecule has 0 atom stereocenters. The van der Waals surface area contributed by atoms with Crippen molar-refractivity contribution in [2.75, 3.05) is 39.8 Å². The minimum Gasteiger partial charge on any atom is -0.496 e. The number of carbonyl (C=O) groups excluding carboxylic acids is 1. The van der Waals surface area contributed by atoms with Crippen molar-refractivity contribution in [3.8, 4) is 16.9 Å². The Labute approximate surface area is 212 Å². The van der Waals surface area contributed by atoms with Gasteiger partial charge in [-0.3, -0.25) is 4.79 Å². The summed E-state index contributed by atoms with van der Waals surface area (Å²) in [7, 11) is 1.53. The van der Waals surface area contributed by atoms with Crippen LogP contribution in [0.3, 0.4) is 0 Å². The number of benzene rings is 2. The molecular formula is C29H37F3N2O2. The summed E-state index contributed by atoms with van der Waals surface area (Å²) in [6, 6.07) is 11.3. The topological polar surface area (TPSA) is 32.8 Å². The van der Waals surface area contributed by atoms with Crippen molar-refractivity contribution in [1.82, 2.24) is 9.80 Å². The first kappa shape index (κ1) is 26.7. The minimum absolute atomic E-state index is 0.197. The Hall–Kier alpha value is -2.38. The van der Waals surface area contributed by atoms with E-state index in [1.807, 2.05) is 18.2 Å². The van der Waals surface area contributed by atoms with Crippen LogP contribution in [0.25, 0.3) is 11.1 Å².